The van der Waals surface area contributed by atoms with E-state index < -0.39 is 0 Å². The molecular weight excluding hydrogens is 669 g/mol. The van der Waals surface area contributed by atoms with E-state index in [2.05, 4.69) is 150 Å². The summed E-state index contributed by atoms with van der Waals surface area (Å²) in [6.45, 7) is 0. The molecule has 10 rings (SSSR count). The molecular formula is C51H34N4. The summed E-state index contributed by atoms with van der Waals surface area (Å²) < 4.78 is 2.36. The molecule has 10 aromatic rings. The molecule has 0 unspecified atom stereocenters. The highest BCUT2D eigenvalue weighted by Crippen LogP contribution is 2.36. The maximum Gasteiger partial charge on any atom is 0.164 e. The van der Waals surface area contributed by atoms with Crippen molar-refractivity contribution in [3.8, 4) is 73.2 Å². The van der Waals surface area contributed by atoms with Crippen LogP contribution in [0.2, 0.25) is 0 Å². The van der Waals surface area contributed by atoms with E-state index in [1.807, 2.05) is 60.7 Å². The van der Waals surface area contributed by atoms with Crippen LogP contribution in [0.3, 0.4) is 0 Å². The fourth-order valence-corrected chi connectivity index (χ4v) is 7.54. The van der Waals surface area contributed by atoms with Crippen molar-refractivity contribution in [3.05, 3.63) is 206 Å². The van der Waals surface area contributed by atoms with Gasteiger partial charge >= 0.3 is 0 Å². The van der Waals surface area contributed by atoms with Gasteiger partial charge in [0.25, 0.3) is 0 Å². The Kier molecular flexibility index (Phi) is 8.12. The van der Waals surface area contributed by atoms with Crippen LogP contribution in [0, 0.1) is 0 Å². The van der Waals surface area contributed by atoms with Gasteiger partial charge in [0.1, 0.15) is 0 Å². The van der Waals surface area contributed by atoms with E-state index in [9.17, 15) is 0 Å². The Hall–Kier alpha value is -7.43. The molecule has 8 aromatic carbocycles. The Bertz CT molecular complexity index is 2840. The molecule has 2 aromatic heterocycles. The van der Waals surface area contributed by atoms with Crippen LogP contribution in [0.1, 0.15) is 0 Å². The lowest BCUT2D eigenvalue weighted by Crippen LogP contribution is -2.00. The van der Waals surface area contributed by atoms with Gasteiger partial charge in [-0.25, -0.2) is 15.0 Å². The lowest BCUT2D eigenvalue weighted by molar-refractivity contribution is 1.07. The van der Waals surface area contributed by atoms with Crippen molar-refractivity contribution in [2.75, 3.05) is 0 Å². The Labute approximate surface area is 319 Å². The normalized spacial score (nSPS) is 11.3. The summed E-state index contributed by atoms with van der Waals surface area (Å²) in [6, 6.07) is 72.4. The second-order valence-electron chi connectivity index (χ2n) is 13.7. The fraction of sp³-hybridized carbons (Fsp3) is 0. The SMILES string of the molecule is c1ccc(-c2cc(-c3ccc(-n4c5ccccc5c5ccccc54)cc3)cc(-c3cccc(-c4nc(-c5ccccc5)nc(-c5ccccc5)n4)c3)c2)cc1. The van der Waals surface area contributed by atoms with E-state index in [4.69, 9.17) is 15.0 Å². The van der Waals surface area contributed by atoms with Gasteiger partial charge < -0.3 is 4.57 Å². The fourth-order valence-electron chi connectivity index (χ4n) is 7.54. The summed E-state index contributed by atoms with van der Waals surface area (Å²) >= 11 is 0. The Morgan fingerprint density at radius 1 is 0.255 bits per heavy atom. The number of nitrogens with zero attached hydrogens (tertiary/aromatic N) is 4. The van der Waals surface area contributed by atoms with E-state index in [0.29, 0.717) is 17.5 Å². The number of hydrogen-bond donors (Lipinski definition) is 0. The Morgan fingerprint density at radius 2 is 0.618 bits per heavy atom. The highest BCUT2D eigenvalue weighted by molar-refractivity contribution is 6.09. The summed E-state index contributed by atoms with van der Waals surface area (Å²) in [6.07, 6.45) is 0. The van der Waals surface area contributed by atoms with Crippen LogP contribution in [-0.2, 0) is 0 Å². The standard InChI is InChI=1S/C51H34N4/c1-4-15-35(16-5-1)41-32-42(36-27-29-44(30-28-36)55-47-25-12-10-23-45(47)46-24-11-13-26-48(46)55)34-43(33-41)39-21-14-22-40(31-39)51-53-49(37-17-6-2-7-18-37)52-50(54-51)38-19-8-3-9-20-38/h1-34H. The number of hydrogen-bond acceptors (Lipinski definition) is 3. The van der Waals surface area contributed by atoms with Gasteiger partial charge in [-0.05, 0) is 81.9 Å². The van der Waals surface area contributed by atoms with Gasteiger partial charge in [0.05, 0.1) is 11.0 Å². The first kappa shape index (κ1) is 32.2. The predicted octanol–water partition coefficient (Wildman–Crippen LogP) is 13.0. The number of benzene rings is 8. The maximum atomic E-state index is 5.01. The van der Waals surface area contributed by atoms with Crippen LogP contribution in [0.15, 0.2) is 206 Å². The van der Waals surface area contributed by atoms with Crippen LogP contribution >= 0.6 is 0 Å². The molecule has 0 saturated carbocycles. The zero-order chi connectivity index (χ0) is 36.6. The zero-order valence-corrected chi connectivity index (χ0v) is 29.9. The van der Waals surface area contributed by atoms with Crippen LogP contribution in [0.4, 0.5) is 0 Å². The van der Waals surface area contributed by atoms with Gasteiger partial charge in [-0.3, -0.25) is 0 Å². The van der Waals surface area contributed by atoms with Crippen molar-refractivity contribution in [1.82, 2.24) is 19.5 Å². The second-order valence-corrected chi connectivity index (χ2v) is 13.7. The smallest absolute Gasteiger partial charge is 0.164 e. The quantitative estimate of drug-likeness (QED) is 0.166. The van der Waals surface area contributed by atoms with Crippen molar-refractivity contribution < 1.29 is 0 Å². The highest BCUT2D eigenvalue weighted by atomic mass is 15.0. The predicted molar refractivity (Wildman–Crippen MR) is 227 cm³/mol. The van der Waals surface area contributed by atoms with Crippen molar-refractivity contribution in [2.24, 2.45) is 0 Å². The average molecular weight is 703 g/mol. The summed E-state index contributed by atoms with van der Waals surface area (Å²) in [4.78, 5) is 14.9. The first-order valence-corrected chi connectivity index (χ1v) is 18.5. The number of para-hydroxylation sites is 2. The highest BCUT2D eigenvalue weighted by Gasteiger charge is 2.15. The van der Waals surface area contributed by atoms with Gasteiger partial charge in [0.15, 0.2) is 17.5 Å². The molecule has 4 heteroatoms. The lowest BCUT2D eigenvalue weighted by atomic mass is 9.92. The van der Waals surface area contributed by atoms with Gasteiger partial charge in [0.2, 0.25) is 0 Å². The molecule has 0 aliphatic rings. The first-order valence-electron chi connectivity index (χ1n) is 18.5. The molecule has 4 nitrogen and oxygen atoms in total. The zero-order valence-electron chi connectivity index (χ0n) is 29.9. The molecule has 258 valence electrons. The summed E-state index contributed by atoms with van der Waals surface area (Å²) in [7, 11) is 0. The molecule has 55 heavy (non-hydrogen) atoms. The molecule has 0 N–H and O–H groups in total. The third-order valence-corrected chi connectivity index (χ3v) is 10.2. The molecule has 0 radical (unpaired) electrons. The van der Waals surface area contributed by atoms with Gasteiger partial charge in [-0.15, -0.1) is 0 Å². The molecule has 0 saturated heterocycles. The van der Waals surface area contributed by atoms with E-state index in [1.54, 1.807) is 0 Å². The molecule has 0 spiro atoms. The summed E-state index contributed by atoms with van der Waals surface area (Å²) in [5.74, 6) is 1.93. The minimum Gasteiger partial charge on any atom is -0.309 e. The minimum atomic E-state index is 0.634. The van der Waals surface area contributed by atoms with E-state index in [-0.39, 0.29) is 0 Å². The average Bonchev–Trinajstić information content (AvgIpc) is 3.61. The number of fused-ring (bicyclic) bond motifs is 3. The third-order valence-electron chi connectivity index (χ3n) is 10.2. The lowest BCUT2D eigenvalue weighted by Gasteiger charge is -2.14. The third kappa shape index (κ3) is 6.16. The van der Waals surface area contributed by atoms with E-state index in [0.717, 1.165) is 50.2 Å². The molecule has 2 heterocycles. The molecule has 0 aliphatic heterocycles. The van der Waals surface area contributed by atoms with Crippen molar-refractivity contribution in [3.63, 3.8) is 0 Å². The number of aromatic nitrogens is 4. The van der Waals surface area contributed by atoms with Crippen LogP contribution in [-0.4, -0.2) is 19.5 Å². The summed E-state index contributed by atoms with van der Waals surface area (Å²) in [5.41, 5.74) is 13.2. The van der Waals surface area contributed by atoms with Crippen LogP contribution < -0.4 is 0 Å². The van der Waals surface area contributed by atoms with Gasteiger partial charge in [-0.2, -0.15) is 0 Å². The van der Waals surface area contributed by atoms with Gasteiger partial charge in [-0.1, -0.05) is 158 Å². The van der Waals surface area contributed by atoms with Crippen LogP contribution in [0.5, 0.6) is 0 Å². The van der Waals surface area contributed by atoms with Crippen molar-refractivity contribution in [1.29, 1.82) is 0 Å². The first-order chi connectivity index (χ1) is 27.2. The molecule has 0 bridgehead atoms. The Morgan fingerprint density at radius 3 is 1.15 bits per heavy atom. The topological polar surface area (TPSA) is 43.6 Å². The monoisotopic (exact) mass is 702 g/mol. The molecule has 0 fully saturated rings. The van der Waals surface area contributed by atoms with E-state index in [1.165, 1.54) is 27.4 Å². The van der Waals surface area contributed by atoms with Gasteiger partial charge in [0, 0.05) is 33.2 Å². The maximum absolute atomic E-state index is 5.01. The molecule has 0 amide bonds. The molecule has 0 atom stereocenters. The minimum absolute atomic E-state index is 0.634. The van der Waals surface area contributed by atoms with Crippen LogP contribution in [0.25, 0.3) is 95.0 Å². The summed E-state index contributed by atoms with van der Waals surface area (Å²) in [5, 5.41) is 2.52. The second kappa shape index (κ2) is 13.8. The van der Waals surface area contributed by atoms with Crippen molar-refractivity contribution in [2.45, 2.75) is 0 Å². The van der Waals surface area contributed by atoms with E-state index >= 15 is 0 Å². The van der Waals surface area contributed by atoms with Crippen molar-refractivity contribution >= 4 is 21.8 Å². The number of rotatable bonds is 7. The Balaban J connectivity index is 1.08. The largest absolute Gasteiger partial charge is 0.309 e. The molecule has 0 aliphatic carbocycles.